The quantitative estimate of drug-likeness (QED) is 0.791. The molecule has 1 fully saturated rings. The van der Waals surface area contributed by atoms with E-state index in [-0.39, 0.29) is 4.90 Å². The molecule has 1 aliphatic rings. The fourth-order valence-electron chi connectivity index (χ4n) is 3.05. The number of hydrogen-bond acceptors (Lipinski definition) is 4. The van der Waals surface area contributed by atoms with Crippen LogP contribution < -0.4 is 15.4 Å². The van der Waals surface area contributed by atoms with E-state index in [0.29, 0.717) is 18.3 Å². The molecular formula is C15H25N3O2S. The molecule has 1 aromatic carbocycles. The zero-order chi connectivity index (χ0) is 15.5. The van der Waals surface area contributed by atoms with Crippen LogP contribution in [0.3, 0.4) is 0 Å². The number of nitrogens with zero attached hydrogens (tertiary/aromatic N) is 1. The van der Waals surface area contributed by atoms with Crippen molar-refractivity contribution in [2.45, 2.75) is 50.5 Å². The summed E-state index contributed by atoms with van der Waals surface area (Å²) in [6.45, 7) is 5.07. The van der Waals surface area contributed by atoms with Crippen LogP contribution in [-0.4, -0.2) is 27.5 Å². The fourth-order valence-corrected chi connectivity index (χ4v) is 4.11. The highest BCUT2D eigenvalue weighted by atomic mass is 32.2. The van der Waals surface area contributed by atoms with Gasteiger partial charge in [0.1, 0.15) is 0 Å². The van der Waals surface area contributed by atoms with E-state index < -0.39 is 10.0 Å². The molecule has 2 rings (SSSR count). The van der Waals surface area contributed by atoms with E-state index in [2.05, 4.69) is 16.5 Å². The van der Waals surface area contributed by atoms with E-state index >= 15 is 0 Å². The minimum Gasteiger partial charge on any atom is -0.397 e. The molecule has 0 unspecified atom stereocenters. The molecule has 21 heavy (non-hydrogen) atoms. The summed E-state index contributed by atoms with van der Waals surface area (Å²) >= 11 is 0. The maximum atomic E-state index is 12.2. The van der Waals surface area contributed by atoms with E-state index in [1.807, 2.05) is 0 Å². The van der Waals surface area contributed by atoms with Crippen LogP contribution in [0.1, 0.15) is 39.5 Å². The van der Waals surface area contributed by atoms with E-state index in [1.54, 1.807) is 25.1 Å². The van der Waals surface area contributed by atoms with Gasteiger partial charge in [0, 0.05) is 19.1 Å². The van der Waals surface area contributed by atoms with Crippen molar-refractivity contribution in [2.24, 2.45) is 0 Å². The molecule has 6 heteroatoms. The van der Waals surface area contributed by atoms with Crippen LogP contribution in [0, 0.1) is 0 Å². The van der Waals surface area contributed by atoms with Crippen molar-refractivity contribution in [3.05, 3.63) is 18.2 Å². The number of rotatable bonds is 6. The van der Waals surface area contributed by atoms with Crippen LogP contribution in [0.2, 0.25) is 0 Å². The molecule has 1 aliphatic carbocycles. The number of nitrogens with two attached hydrogens (primary N) is 1. The van der Waals surface area contributed by atoms with Crippen LogP contribution in [0.4, 0.5) is 11.4 Å². The Balaban J connectivity index is 2.38. The minimum absolute atomic E-state index is 0.282. The van der Waals surface area contributed by atoms with Gasteiger partial charge in [-0.05, 0) is 38.0 Å². The fraction of sp³-hybridized carbons (Fsp3) is 0.600. The Bertz CT molecular complexity index is 581. The van der Waals surface area contributed by atoms with Crippen molar-refractivity contribution in [1.29, 1.82) is 0 Å². The second-order valence-electron chi connectivity index (χ2n) is 5.45. The molecule has 0 spiro atoms. The predicted octanol–water partition coefficient (Wildman–Crippen LogP) is 2.34. The Kier molecular flexibility index (Phi) is 5.11. The van der Waals surface area contributed by atoms with Gasteiger partial charge in [0.25, 0.3) is 0 Å². The molecule has 3 N–H and O–H groups in total. The van der Waals surface area contributed by atoms with E-state index in [1.165, 1.54) is 12.8 Å². The predicted molar refractivity (Wildman–Crippen MR) is 87.0 cm³/mol. The highest BCUT2D eigenvalue weighted by molar-refractivity contribution is 7.89. The van der Waals surface area contributed by atoms with Crippen LogP contribution in [0.5, 0.6) is 0 Å². The smallest absolute Gasteiger partial charge is 0.240 e. The summed E-state index contributed by atoms with van der Waals surface area (Å²) in [5.41, 5.74) is 7.57. The van der Waals surface area contributed by atoms with Crippen molar-refractivity contribution in [2.75, 3.05) is 23.7 Å². The van der Waals surface area contributed by atoms with Crippen molar-refractivity contribution < 1.29 is 8.42 Å². The lowest BCUT2D eigenvalue weighted by molar-refractivity contribution is 0.583. The molecule has 1 aromatic rings. The summed E-state index contributed by atoms with van der Waals surface area (Å²) in [7, 11) is -3.45. The largest absolute Gasteiger partial charge is 0.397 e. The molecule has 5 nitrogen and oxygen atoms in total. The van der Waals surface area contributed by atoms with E-state index in [4.69, 9.17) is 5.73 Å². The highest BCUT2D eigenvalue weighted by Crippen LogP contribution is 2.33. The van der Waals surface area contributed by atoms with Gasteiger partial charge in [0.2, 0.25) is 10.0 Å². The lowest BCUT2D eigenvalue weighted by Crippen LogP contribution is -2.34. The first-order valence-corrected chi connectivity index (χ1v) is 9.13. The molecule has 0 saturated heterocycles. The number of hydrogen-bond donors (Lipinski definition) is 2. The van der Waals surface area contributed by atoms with Crippen molar-refractivity contribution >= 4 is 21.4 Å². The third-order valence-electron chi connectivity index (χ3n) is 4.06. The average Bonchev–Trinajstić information content (AvgIpc) is 2.95. The summed E-state index contributed by atoms with van der Waals surface area (Å²) in [6, 6.07) is 5.43. The molecule has 0 bridgehead atoms. The van der Waals surface area contributed by atoms with Gasteiger partial charge >= 0.3 is 0 Å². The Labute approximate surface area is 127 Å². The SMILES string of the molecule is CCNS(=O)(=O)c1ccc(N)c(N(CC)C2CCCC2)c1. The first kappa shape index (κ1) is 16.1. The van der Waals surface area contributed by atoms with Gasteiger partial charge < -0.3 is 10.6 Å². The van der Waals surface area contributed by atoms with Crippen molar-refractivity contribution in [3.8, 4) is 0 Å². The molecule has 0 amide bonds. The molecule has 0 aromatic heterocycles. The van der Waals surface area contributed by atoms with E-state index in [0.717, 1.165) is 25.1 Å². The molecule has 0 atom stereocenters. The van der Waals surface area contributed by atoms with Crippen LogP contribution in [0.25, 0.3) is 0 Å². The topological polar surface area (TPSA) is 75.4 Å². The summed E-state index contributed by atoms with van der Waals surface area (Å²) in [5, 5.41) is 0. The molecule has 1 saturated carbocycles. The lowest BCUT2D eigenvalue weighted by Gasteiger charge is -2.31. The number of anilines is 2. The Morgan fingerprint density at radius 2 is 1.95 bits per heavy atom. The zero-order valence-corrected chi connectivity index (χ0v) is 13.6. The molecule has 0 aliphatic heterocycles. The monoisotopic (exact) mass is 311 g/mol. The minimum atomic E-state index is -3.45. The van der Waals surface area contributed by atoms with Gasteiger partial charge in [-0.3, -0.25) is 0 Å². The first-order chi connectivity index (χ1) is 9.99. The second kappa shape index (κ2) is 6.66. The standard InChI is InChI=1S/C15H25N3O2S/c1-3-17-21(19,20)13-9-10-14(16)15(11-13)18(4-2)12-7-5-6-8-12/h9-12,17H,3-8,16H2,1-2H3. The third-order valence-corrected chi connectivity index (χ3v) is 5.61. The van der Waals surface area contributed by atoms with Gasteiger partial charge in [-0.25, -0.2) is 13.1 Å². The molecule has 0 heterocycles. The maximum Gasteiger partial charge on any atom is 0.240 e. The number of nitrogen functional groups attached to an aromatic ring is 1. The van der Waals surface area contributed by atoms with Gasteiger partial charge in [0.05, 0.1) is 16.3 Å². The lowest BCUT2D eigenvalue weighted by atomic mass is 10.1. The zero-order valence-electron chi connectivity index (χ0n) is 12.8. The van der Waals surface area contributed by atoms with Crippen molar-refractivity contribution in [1.82, 2.24) is 4.72 Å². The summed E-state index contributed by atoms with van der Waals surface area (Å²) in [6.07, 6.45) is 4.77. The maximum absolute atomic E-state index is 12.2. The number of benzene rings is 1. The molecular weight excluding hydrogens is 286 g/mol. The van der Waals surface area contributed by atoms with Crippen LogP contribution in [0.15, 0.2) is 23.1 Å². The van der Waals surface area contributed by atoms with Gasteiger partial charge in [-0.15, -0.1) is 0 Å². The van der Waals surface area contributed by atoms with Gasteiger partial charge in [-0.2, -0.15) is 0 Å². The number of nitrogens with one attached hydrogen (secondary N) is 1. The van der Waals surface area contributed by atoms with Crippen LogP contribution in [-0.2, 0) is 10.0 Å². The van der Waals surface area contributed by atoms with Crippen molar-refractivity contribution in [3.63, 3.8) is 0 Å². The Morgan fingerprint density at radius 1 is 1.29 bits per heavy atom. The normalized spacial score (nSPS) is 16.3. The first-order valence-electron chi connectivity index (χ1n) is 7.65. The third kappa shape index (κ3) is 3.49. The average molecular weight is 311 g/mol. The van der Waals surface area contributed by atoms with Gasteiger partial charge in [-0.1, -0.05) is 19.8 Å². The number of sulfonamides is 1. The second-order valence-corrected chi connectivity index (χ2v) is 7.21. The van der Waals surface area contributed by atoms with E-state index in [9.17, 15) is 8.42 Å². The summed E-state index contributed by atoms with van der Waals surface area (Å²) in [5.74, 6) is 0. The Hall–Kier alpha value is -1.27. The highest BCUT2D eigenvalue weighted by Gasteiger charge is 2.24. The van der Waals surface area contributed by atoms with Gasteiger partial charge in [0.15, 0.2) is 0 Å². The summed E-state index contributed by atoms with van der Waals surface area (Å²) < 4.78 is 26.8. The van der Waals surface area contributed by atoms with Crippen LogP contribution >= 0.6 is 0 Å². The molecule has 118 valence electrons. The summed E-state index contributed by atoms with van der Waals surface area (Å²) in [4.78, 5) is 2.53. The molecule has 0 radical (unpaired) electrons. The Morgan fingerprint density at radius 3 is 2.52 bits per heavy atom.